The summed E-state index contributed by atoms with van der Waals surface area (Å²) in [5.74, 6) is 0.238. The molecular weight excluding hydrogens is 474 g/mol. The van der Waals surface area contributed by atoms with E-state index in [0.29, 0.717) is 12.3 Å². The summed E-state index contributed by atoms with van der Waals surface area (Å²) in [6, 6.07) is 16.8. The van der Waals surface area contributed by atoms with Gasteiger partial charge in [0.2, 0.25) is 10.0 Å². The van der Waals surface area contributed by atoms with Gasteiger partial charge in [0.05, 0.1) is 6.61 Å². The fraction of sp³-hybridized carbons (Fsp3) is 0.393. The lowest BCUT2D eigenvalue weighted by molar-refractivity contribution is 0.0734. The van der Waals surface area contributed by atoms with E-state index in [1.807, 2.05) is 69.4 Å². The Labute approximate surface area is 214 Å². The van der Waals surface area contributed by atoms with E-state index in [4.69, 9.17) is 4.74 Å². The summed E-state index contributed by atoms with van der Waals surface area (Å²) < 4.78 is 35.3. The van der Waals surface area contributed by atoms with Gasteiger partial charge >= 0.3 is 0 Å². The molecule has 0 spiro atoms. The highest BCUT2D eigenvalue weighted by molar-refractivity contribution is 7.89. The number of fused-ring (bicyclic) bond motifs is 1. The number of aryl methyl sites for hydroxylation is 1. The van der Waals surface area contributed by atoms with Gasteiger partial charge in [-0.25, -0.2) is 8.42 Å². The number of rotatable bonds is 7. The molecule has 0 aliphatic carbocycles. The maximum Gasteiger partial charge on any atom is 0.247 e. The van der Waals surface area contributed by atoms with Crippen LogP contribution in [-0.4, -0.2) is 66.6 Å². The number of benzene rings is 2. The molecule has 1 aromatic heterocycles. The van der Waals surface area contributed by atoms with E-state index in [1.54, 1.807) is 25.4 Å². The van der Waals surface area contributed by atoms with E-state index < -0.39 is 16.1 Å². The molecule has 0 amide bonds. The van der Waals surface area contributed by atoms with Crippen LogP contribution in [0, 0.1) is 12.8 Å². The van der Waals surface area contributed by atoms with Gasteiger partial charge in [-0.3, -0.25) is 9.88 Å². The Morgan fingerprint density at radius 1 is 1.11 bits per heavy atom. The molecular formula is C28H35N3O4S. The van der Waals surface area contributed by atoms with Crippen molar-refractivity contribution in [2.24, 2.45) is 5.92 Å². The van der Waals surface area contributed by atoms with E-state index in [1.165, 1.54) is 4.31 Å². The topological polar surface area (TPSA) is 83.0 Å². The van der Waals surface area contributed by atoms with Crippen molar-refractivity contribution in [3.05, 3.63) is 78.1 Å². The van der Waals surface area contributed by atoms with Gasteiger partial charge in [-0.15, -0.1) is 0 Å². The maximum absolute atomic E-state index is 13.7. The Balaban J connectivity index is 1.72. The molecule has 1 N–H and O–H groups in total. The predicted octanol–water partition coefficient (Wildman–Crippen LogP) is 3.96. The number of aliphatic hydroxyl groups excluding tert-OH is 1. The SMILES string of the molecule is Cc1ccc(-c2ccc3c(c2)O[C@H](CN(C)Cc2ccncc2)[C@H](C)CN([C@H](C)CO)S3(=O)=O)cc1. The average molecular weight is 510 g/mol. The molecule has 2 heterocycles. The molecule has 0 saturated carbocycles. The normalized spacial score (nSPS) is 20.7. The fourth-order valence-corrected chi connectivity index (χ4v) is 6.37. The van der Waals surface area contributed by atoms with Crippen molar-refractivity contribution in [1.82, 2.24) is 14.2 Å². The fourth-order valence-electron chi connectivity index (χ4n) is 4.54. The second kappa shape index (κ2) is 11.1. The largest absolute Gasteiger partial charge is 0.487 e. The minimum absolute atomic E-state index is 0.107. The molecule has 7 nitrogen and oxygen atoms in total. The highest BCUT2D eigenvalue weighted by atomic mass is 32.2. The minimum Gasteiger partial charge on any atom is -0.487 e. The van der Waals surface area contributed by atoms with Crippen LogP contribution in [-0.2, 0) is 16.6 Å². The molecule has 3 atom stereocenters. The van der Waals surface area contributed by atoms with Crippen LogP contribution in [0.3, 0.4) is 0 Å². The lowest BCUT2D eigenvalue weighted by Gasteiger charge is -2.37. The Bertz CT molecular complexity index is 1270. The summed E-state index contributed by atoms with van der Waals surface area (Å²) >= 11 is 0. The van der Waals surface area contributed by atoms with Crippen LogP contribution in [0.25, 0.3) is 11.1 Å². The molecule has 8 heteroatoms. The van der Waals surface area contributed by atoms with Gasteiger partial charge in [0.15, 0.2) is 0 Å². The number of pyridine rings is 1. The Morgan fingerprint density at radius 3 is 2.44 bits per heavy atom. The third-order valence-electron chi connectivity index (χ3n) is 6.75. The van der Waals surface area contributed by atoms with Crippen LogP contribution in [0.15, 0.2) is 71.9 Å². The molecule has 1 aliphatic rings. The van der Waals surface area contributed by atoms with Gasteiger partial charge in [-0.05, 0) is 61.9 Å². The number of aliphatic hydroxyl groups is 1. The monoisotopic (exact) mass is 509 g/mol. The molecule has 192 valence electrons. The van der Waals surface area contributed by atoms with Crippen LogP contribution in [0.2, 0.25) is 0 Å². The van der Waals surface area contributed by atoms with E-state index in [2.05, 4.69) is 9.88 Å². The van der Waals surface area contributed by atoms with Gasteiger partial charge in [0.25, 0.3) is 0 Å². The molecule has 4 rings (SSSR count). The summed E-state index contributed by atoms with van der Waals surface area (Å²) in [5.41, 5.74) is 4.18. The molecule has 0 radical (unpaired) electrons. The van der Waals surface area contributed by atoms with Crippen LogP contribution < -0.4 is 4.74 Å². The summed E-state index contributed by atoms with van der Waals surface area (Å²) in [4.78, 5) is 6.39. The lowest BCUT2D eigenvalue weighted by Crippen LogP contribution is -2.49. The number of ether oxygens (including phenoxy) is 1. The van der Waals surface area contributed by atoms with Gasteiger partial charge in [0, 0.05) is 44.0 Å². The quantitative estimate of drug-likeness (QED) is 0.519. The molecule has 3 aromatic rings. The van der Waals surface area contributed by atoms with Crippen LogP contribution >= 0.6 is 0 Å². The molecule has 2 aromatic carbocycles. The van der Waals surface area contributed by atoms with Crippen LogP contribution in [0.1, 0.15) is 25.0 Å². The van der Waals surface area contributed by atoms with Gasteiger partial charge in [-0.1, -0.05) is 42.8 Å². The van der Waals surface area contributed by atoms with E-state index >= 15 is 0 Å². The zero-order valence-corrected chi connectivity index (χ0v) is 22.1. The Hall–Kier alpha value is -2.78. The predicted molar refractivity (Wildman–Crippen MR) is 141 cm³/mol. The third-order valence-corrected chi connectivity index (χ3v) is 8.77. The molecule has 0 bridgehead atoms. The second-order valence-electron chi connectivity index (χ2n) is 9.82. The van der Waals surface area contributed by atoms with Gasteiger partial charge < -0.3 is 9.84 Å². The maximum atomic E-state index is 13.7. The number of aromatic nitrogens is 1. The lowest BCUT2D eigenvalue weighted by atomic mass is 10.0. The molecule has 36 heavy (non-hydrogen) atoms. The smallest absolute Gasteiger partial charge is 0.247 e. The average Bonchev–Trinajstić information content (AvgIpc) is 2.86. The highest BCUT2D eigenvalue weighted by Gasteiger charge is 2.38. The van der Waals surface area contributed by atoms with Crippen molar-refractivity contribution < 1.29 is 18.3 Å². The first-order valence-electron chi connectivity index (χ1n) is 12.3. The molecule has 0 fully saturated rings. The standard InChI is InChI=1S/C28H35N3O4S/c1-20-5-7-24(8-6-20)25-9-10-28-26(15-25)35-27(18-30(4)17-23-11-13-29-14-12-23)21(2)16-31(22(3)19-32)36(28,33)34/h5-15,21-22,27,32H,16-19H2,1-4H3/t21-,22-,27-/m1/s1. The second-order valence-corrected chi connectivity index (χ2v) is 11.7. The van der Waals surface area contributed by atoms with Crippen molar-refractivity contribution in [3.8, 4) is 16.9 Å². The van der Waals surface area contributed by atoms with Gasteiger partial charge in [0.1, 0.15) is 16.7 Å². The number of likely N-dealkylation sites (N-methyl/N-ethyl adjacent to an activating group) is 1. The summed E-state index contributed by atoms with van der Waals surface area (Å²) in [6.45, 7) is 7.11. The van der Waals surface area contributed by atoms with E-state index in [9.17, 15) is 13.5 Å². The first-order valence-corrected chi connectivity index (χ1v) is 13.7. The van der Waals surface area contributed by atoms with E-state index in [0.717, 1.165) is 28.8 Å². The van der Waals surface area contributed by atoms with Crippen molar-refractivity contribution in [1.29, 1.82) is 0 Å². The number of hydrogen-bond acceptors (Lipinski definition) is 6. The van der Waals surface area contributed by atoms with E-state index in [-0.39, 0.29) is 30.1 Å². The first-order chi connectivity index (χ1) is 17.2. The number of sulfonamides is 1. The van der Waals surface area contributed by atoms with Crippen molar-refractivity contribution in [2.45, 2.75) is 44.4 Å². The zero-order chi connectivity index (χ0) is 25.9. The first kappa shape index (κ1) is 26.3. The van der Waals surface area contributed by atoms with Crippen molar-refractivity contribution >= 4 is 10.0 Å². The third kappa shape index (κ3) is 5.78. The van der Waals surface area contributed by atoms with Gasteiger partial charge in [-0.2, -0.15) is 4.31 Å². The summed E-state index contributed by atoms with van der Waals surface area (Å²) in [7, 11) is -1.83. The van der Waals surface area contributed by atoms with Crippen LogP contribution in [0.5, 0.6) is 5.75 Å². The van der Waals surface area contributed by atoms with Crippen LogP contribution in [0.4, 0.5) is 0 Å². The molecule has 0 unspecified atom stereocenters. The summed E-state index contributed by atoms with van der Waals surface area (Å²) in [6.07, 6.45) is 3.30. The molecule has 1 aliphatic heterocycles. The number of hydrogen-bond donors (Lipinski definition) is 1. The summed E-state index contributed by atoms with van der Waals surface area (Å²) in [5, 5.41) is 9.86. The number of nitrogens with zero attached hydrogens (tertiary/aromatic N) is 3. The molecule has 0 saturated heterocycles. The Morgan fingerprint density at radius 2 is 1.78 bits per heavy atom. The Kier molecular flexibility index (Phi) is 8.10. The zero-order valence-electron chi connectivity index (χ0n) is 21.3. The minimum atomic E-state index is -3.87. The highest BCUT2D eigenvalue weighted by Crippen LogP contribution is 2.36. The van der Waals surface area contributed by atoms with Crippen molar-refractivity contribution in [3.63, 3.8) is 0 Å². The van der Waals surface area contributed by atoms with Crippen molar-refractivity contribution in [2.75, 3.05) is 26.7 Å².